The number of carbonyl (C=O) groups excluding carboxylic acids is 1. The number of benzene rings is 2. The highest BCUT2D eigenvalue weighted by Gasteiger charge is 2.18. The normalized spacial score (nSPS) is 11.0. The number of fused-ring (bicyclic) bond motifs is 1. The lowest BCUT2D eigenvalue weighted by atomic mass is 10.1. The van der Waals surface area contributed by atoms with Crippen LogP contribution in [0, 0.1) is 13.8 Å². The number of carbonyl (C=O) groups is 1. The quantitative estimate of drug-likeness (QED) is 0.320. The molecule has 0 fully saturated rings. The van der Waals surface area contributed by atoms with Crippen molar-refractivity contribution >= 4 is 39.4 Å². The van der Waals surface area contributed by atoms with Gasteiger partial charge in [-0.1, -0.05) is 42.1 Å². The highest BCUT2D eigenvalue weighted by atomic mass is 32.2. The van der Waals surface area contributed by atoms with Crippen LogP contribution in [0.2, 0.25) is 0 Å². The van der Waals surface area contributed by atoms with Gasteiger partial charge in [-0.3, -0.25) is 9.36 Å². The number of aromatic nitrogens is 2. The molecule has 4 rings (SSSR count). The Morgan fingerprint density at radius 1 is 1.10 bits per heavy atom. The molecule has 2 aromatic heterocycles. The highest BCUT2D eigenvalue weighted by molar-refractivity contribution is 7.98. The molecule has 30 heavy (non-hydrogen) atoms. The van der Waals surface area contributed by atoms with Crippen LogP contribution in [0.3, 0.4) is 0 Å². The zero-order valence-corrected chi connectivity index (χ0v) is 18.5. The molecule has 0 unspecified atom stereocenters. The molecule has 152 valence electrons. The van der Waals surface area contributed by atoms with Crippen molar-refractivity contribution in [1.82, 2.24) is 9.55 Å². The second kappa shape index (κ2) is 8.45. The zero-order valence-electron chi connectivity index (χ0n) is 16.8. The summed E-state index contributed by atoms with van der Waals surface area (Å²) in [5.41, 5.74) is 3.79. The molecular formula is C23H20N2O3S2. The second-order valence-corrected chi connectivity index (χ2v) is 8.95. The number of aryl methyl sites for hydroxylation is 1. The molecule has 5 nitrogen and oxygen atoms in total. The summed E-state index contributed by atoms with van der Waals surface area (Å²) >= 11 is 3.15. The molecule has 4 aromatic rings. The monoisotopic (exact) mass is 436 g/mol. The molecule has 7 heteroatoms. The minimum absolute atomic E-state index is 0.0137. The molecule has 0 atom stereocenters. The number of hydrogen-bond donors (Lipinski definition) is 0. The van der Waals surface area contributed by atoms with Crippen molar-refractivity contribution in [3.05, 3.63) is 86.4 Å². The first-order valence-electron chi connectivity index (χ1n) is 9.38. The van der Waals surface area contributed by atoms with Crippen LogP contribution in [-0.2, 0) is 10.5 Å². The van der Waals surface area contributed by atoms with Gasteiger partial charge in [-0.2, -0.15) is 0 Å². The summed E-state index contributed by atoms with van der Waals surface area (Å²) in [5, 5.41) is 0.770. The molecule has 0 amide bonds. The first-order valence-corrected chi connectivity index (χ1v) is 11.2. The van der Waals surface area contributed by atoms with Crippen LogP contribution < -0.4 is 5.43 Å². The van der Waals surface area contributed by atoms with Crippen molar-refractivity contribution < 1.29 is 9.53 Å². The van der Waals surface area contributed by atoms with Gasteiger partial charge in [-0.05, 0) is 43.7 Å². The van der Waals surface area contributed by atoms with Crippen molar-refractivity contribution in [2.24, 2.45) is 0 Å². The Bertz CT molecular complexity index is 1280. The molecule has 0 saturated heterocycles. The molecule has 2 heterocycles. The van der Waals surface area contributed by atoms with Crippen molar-refractivity contribution in [1.29, 1.82) is 0 Å². The van der Waals surface area contributed by atoms with Gasteiger partial charge >= 0.3 is 5.97 Å². The second-order valence-electron chi connectivity index (χ2n) is 6.81. The van der Waals surface area contributed by atoms with Crippen molar-refractivity contribution in [3.63, 3.8) is 0 Å². The van der Waals surface area contributed by atoms with E-state index in [4.69, 9.17) is 9.72 Å². The number of thioether (sulfide) groups is 1. The third-order valence-electron chi connectivity index (χ3n) is 4.90. The van der Waals surface area contributed by atoms with Crippen LogP contribution >= 0.6 is 23.1 Å². The fraction of sp³-hybridized carbons (Fsp3) is 0.174. The molecule has 0 bridgehead atoms. The van der Waals surface area contributed by atoms with Crippen LogP contribution in [0.15, 0.2) is 64.5 Å². The van der Waals surface area contributed by atoms with E-state index in [9.17, 15) is 9.59 Å². The van der Waals surface area contributed by atoms with Crippen molar-refractivity contribution in [3.8, 4) is 5.69 Å². The SMILES string of the molecule is COC(=O)c1ccc(CSc2nc3c(=O)c(C)c(C)sc3n2-c2ccccc2)cc1. The minimum atomic E-state index is -0.352. The van der Waals surface area contributed by atoms with Gasteiger partial charge in [-0.25, -0.2) is 9.78 Å². The average molecular weight is 437 g/mol. The summed E-state index contributed by atoms with van der Waals surface area (Å²) in [6.45, 7) is 3.82. The number of rotatable bonds is 5. The van der Waals surface area contributed by atoms with Crippen molar-refractivity contribution in [2.45, 2.75) is 24.8 Å². The molecule has 0 N–H and O–H groups in total. The van der Waals surface area contributed by atoms with E-state index in [0.29, 0.717) is 16.8 Å². The zero-order chi connectivity index (χ0) is 21.3. The van der Waals surface area contributed by atoms with Crippen molar-refractivity contribution in [2.75, 3.05) is 7.11 Å². The number of para-hydroxylation sites is 1. The van der Waals surface area contributed by atoms with Crippen LogP contribution in [0.4, 0.5) is 0 Å². The van der Waals surface area contributed by atoms with Gasteiger partial charge in [0.05, 0.1) is 12.7 Å². The Kier molecular flexibility index (Phi) is 5.74. The molecule has 0 saturated carbocycles. The number of methoxy groups -OCH3 is 1. The van der Waals surface area contributed by atoms with E-state index in [-0.39, 0.29) is 11.4 Å². The number of nitrogens with zero attached hydrogens (tertiary/aromatic N) is 2. The lowest BCUT2D eigenvalue weighted by Gasteiger charge is -2.09. The van der Waals surface area contributed by atoms with Gasteiger partial charge in [0, 0.05) is 21.9 Å². The summed E-state index contributed by atoms with van der Waals surface area (Å²) < 4.78 is 6.81. The first-order chi connectivity index (χ1) is 14.5. The summed E-state index contributed by atoms with van der Waals surface area (Å²) in [5.74, 6) is 0.310. The Morgan fingerprint density at radius 3 is 2.47 bits per heavy atom. The van der Waals surface area contributed by atoms with E-state index in [0.717, 1.165) is 31.7 Å². The predicted molar refractivity (Wildman–Crippen MR) is 122 cm³/mol. The predicted octanol–water partition coefficient (Wildman–Crippen LogP) is 5.14. The molecule has 0 spiro atoms. The standard InChI is InChI=1S/C23H20N2O3S2/c1-14-15(2)30-21-19(20(14)26)24-23(25(21)18-7-5-4-6-8-18)29-13-16-9-11-17(12-10-16)22(27)28-3/h4-12H,13H2,1-3H3. The van der Waals surface area contributed by atoms with Crippen LogP contribution in [0.1, 0.15) is 26.4 Å². The summed E-state index contributed by atoms with van der Waals surface area (Å²) in [6, 6.07) is 17.3. The van der Waals surface area contributed by atoms with Crippen LogP contribution in [-0.4, -0.2) is 22.6 Å². The third-order valence-corrected chi connectivity index (χ3v) is 7.09. The van der Waals surface area contributed by atoms with E-state index < -0.39 is 0 Å². The summed E-state index contributed by atoms with van der Waals surface area (Å²) in [6.07, 6.45) is 0. The van der Waals surface area contributed by atoms with E-state index in [2.05, 4.69) is 4.57 Å². The van der Waals surface area contributed by atoms with Gasteiger partial charge in [0.1, 0.15) is 10.3 Å². The van der Waals surface area contributed by atoms with E-state index in [1.54, 1.807) is 35.2 Å². The third kappa shape index (κ3) is 3.78. The Labute approximate surface area is 182 Å². The molecular weight excluding hydrogens is 416 g/mol. The maximum Gasteiger partial charge on any atom is 0.337 e. The molecule has 0 aliphatic carbocycles. The fourth-order valence-corrected chi connectivity index (χ4v) is 5.17. The minimum Gasteiger partial charge on any atom is -0.465 e. The topological polar surface area (TPSA) is 61.2 Å². The molecule has 2 aromatic carbocycles. The van der Waals surface area contributed by atoms with Gasteiger partial charge in [-0.15, -0.1) is 11.3 Å². The average Bonchev–Trinajstić information content (AvgIpc) is 3.14. The van der Waals surface area contributed by atoms with E-state index in [1.807, 2.05) is 56.3 Å². The van der Waals surface area contributed by atoms with Crippen LogP contribution in [0.25, 0.3) is 16.0 Å². The summed E-state index contributed by atoms with van der Waals surface area (Å²) in [7, 11) is 1.37. The molecule has 0 aliphatic rings. The van der Waals surface area contributed by atoms with Gasteiger partial charge < -0.3 is 4.74 Å². The lowest BCUT2D eigenvalue weighted by molar-refractivity contribution is 0.0600. The number of esters is 1. The van der Waals surface area contributed by atoms with E-state index in [1.165, 1.54) is 7.11 Å². The number of imidazole rings is 1. The maximum atomic E-state index is 12.8. The smallest absolute Gasteiger partial charge is 0.337 e. The number of hydrogen-bond acceptors (Lipinski definition) is 6. The lowest BCUT2D eigenvalue weighted by Crippen LogP contribution is -2.06. The highest BCUT2D eigenvalue weighted by Crippen LogP contribution is 2.32. The first kappa shape index (κ1) is 20.4. The summed E-state index contributed by atoms with van der Waals surface area (Å²) in [4.78, 5) is 31.0. The number of ether oxygens (including phenoxy) is 1. The maximum absolute atomic E-state index is 12.8. The van der Waals surface area contributed by atoms with Gasteiger partial charge in [0.2, 0.25) is 5.43 Å². The van der Waals surface area contributed by atoms with E-state index >= 15 is 0 Å². The Hall–Kier alpha value is -2.90. The molecule has 0 radical (unpaired) electrons. The van der Waals surface area contributed by atoms with Gasteiger partial charge in [0.15, 0.2) is 5.16 Å². The van der Waals surface area contributed by atoms with Crippen LogP contribution in [0.5, 0.6) is 0 Å². The van der Waals surface area contributed by atoms with Gasteiger partial charge in [0.25, 0.3) is 0 Å². The fourth-order valence-electron chi connectivity index (χ4n) is 3.09. The largest absolute Gasteiger partial charge is 0.465 e. The molecule has 0 aliphatic heterocycles. The Balaban J connectivity index is 1.74. The Morgan fingerprint density at radius 2 is 1.80 bits per heavy atom.